The molecule has 1 amide bonds. The smallest absolute Gasteiger partial charge is 0.311 e. The van der Waals surface area contributed by atoms with Gasteiger partial charge in [-0.1, -0.05) is 36.2 Å². The van der Waals surface area contributed by atoms with Crippen molar-refractivity contribution in [3.05, 3.63) is 52.2 Å². The molecule has 3 heterocycles. The van der Waals surface area contributed by atoms with Gasteiger partial charge in [-0.25, -0.2) is 13.4 Å². The molecule has 1 aromatic carbocycles. The number of carbonyl (C=O) groups is 2. The fraction of sp³-hybridized carbons (Fsp3) is 0.348. The van der Waals surface area contributed by atoms with Gasteiger partial charge >= 0.3 is 5.97 Å². The maximum absolute atomic E-state index is 12.7. The molecule has 0 unspecified atom stereocenters. The molecule has 3 aromatic rings. The first kappa shape index (κ1) is 24.5. The Labute approximate surface area is 206 Å². The first-order chi connectivity index (χ1) is 16.3. The number of anilines is 1. The second-order valence-corrected chi connectivity index (χ2v) is 12.2. The van der Waals surface area contributed by atoms with Gasteiger partial charge < -0.3 is 4.74 Å². The molecule has 1 aliphatic rings. The summed E-state index contributed by atoms with van der Waals surface area (Å²) in [5.74, 6) is -1.09. The van der Waals surface area contributed by atoms with E-state index in [2.05, 4.69) is 10.3 Å². The number of nitrogens with zero attached hydrogens (tertiary/aromatic N) is 2. The van der Waals surface area contributed by atoms with E-state index < -0.39 is 28.5 Å². The summed E-state index contributed by atoms with van der Waals surface area (Å²) in [6, 6.07) is 11.1. The average Bonchev–Trinajstić information content (AvgIpc) is 3.49. The van der Waals surface area contributed by atoms with Crippen LogP contribution in [0.5, 0.6) is 0 Å². The fourth-order valence-electron chi connectivity index (χ4n) is 3.51. The minimum Gasteiger partial charge on any atom is -0.455 e. The predicted octanol–water partition coefficient (Wildman–Crippen LogP) is 4.08. The highest BCUT2D eigenvalue weighted by atomic mass is 32.2. The van der Waals surface area contributed by atoms with Crippen molar-refractivity contribution >= 4 is 49.7 Å². The number of benzene rings is 1. The van der Waals surface area contributed by atoms with Crippen LogP contribution in [-0.2, 0) is 30.8 Å². The van der Waals surface area contributed by atoms with E-state index in [1.54, 1.807) is 6.07 Å². The summed E-state index contributed by atoms with van der Waals surface area (Å²) in [5, 5.41) is 4.90. The molecule has 180 valence electrons. The van der Waals surface area contributed by atoms with Gasteiger partial charge in [0.05, 0.1) is 12.1 Å². The lowest BCUT2D eigenvalue weighted by molar-refractivity contribution is -0.146. The number of thiophene rings is 1. The maximum atomic E-state index is 12.7. The molecule has 0 saturated carbocycles. The monoisotopic (exact) mass is 519 g/mol. The molecule has 0 spiro atoms. The third kappa shape index (κ3) is 6.09. The fourth-order valence-corrected chi connectivity index (χ4v) is 7.26. The quantitative estimate of drug-likeness (QED) is 0.450. The van der Waals surface area contributed by atoms with Gasteiger partial charge in [0, 0.05) is 28.9 Å². The standard InChI is InChI=1S/C23H25N3O5S3/c1-16-5-7-17(8-6-16)19-15-32-23(24-19)25-20(27)14-31-21(28)13-18-9-10-22(33-18)34(29,30)26-11-3-2-4-12-26/h5-10,15H,2-4,11-14H2,1H3,(H,24,25,27). The zero-order valence-corrected chi connectivity index (χ0v) is 21.1. The zero-order valence-electron chi connectivity index (χ0n) is 18.7. The van der Waals surface area contributed by atoms with Gasteiger partial charge in [-0.2, -0.15) is 4.31 Å². The van der Waals surface area contributed by atoms with Gasteiger partial charge in [0.25, 0.3) is 15.9 Å². The Balaban J connectivity index is 1.26. The number of amides is 1. The normalized spacial score (nSPS) is 14.6. The highest BCUT2D eigenvalue weighted by Gasteiger charge is 2.27. The largest absolute Gasteiger partial charge is 0.455 e. The number of sulfonamides is 1. The Morgan fingerprint density at radius 2 is 1.82 bits per heavy atom. The molecule has 1 aliphatic heterocycles. The summed E-state index contributed by atoms with van der Waals surface area (Å²) in [7, 11) is -3.53. The second kappa shape index (κ2) is 10.8. The third-order valence-electron chi connectivity index (χ3n) is 5.33. The van der Waals surface area contributed by atoms with Crippen molar-refractivity contribution in [1.29, 1.82) is 0 Å². The molecule has 0 atom stereocenters. The highest BCUT2D eigenvalue weighted by molar-refractivity contribution is 7.91. The second-order valence-electron chi connectivity index (χ2n) is 7.98. The minimum atomic E-state index is -3.53. The van der Waals surface area contributed by atoms with E-state index in [1.807, 2.05) is 36.6 Å². The van der Waals surface area contributed by atoms with Crippen LogP contribution in [0.2, 0.25) is 0 Å². The summed E-state index contributed by atoms with van der Waals surface area (Å²) >= 11 is 2.35. The molecule has 1 fully saturated rings. The van der Waals surface area contributed by atoms with E-state index in [4.69, 9.17) is 4.74 Å². The predicted molar refractivity (Wildman–Crippen MR) is 133 cm³/mol. The SMILES string of the molecule is Cc1ccc(-c2csc(NC(=O)COC(=O)Cc3ccc(S(=O)(=O)N4CCCCC4)s3)n2)cc1. The van der Waals surface area contributed by atoms with E-state index in [-0.39, 0.29) is 10.6 Å². The van der Waals surface area contributed by atoms with Crippen LogP contribution in [0.4, 0.5) is 5.13 Å². The molecule has 34 heavy (non-hydrogen) atoms. The number of thiazole rings is 1. The van der Waals surface area contributed by atoms with Crippen molar-refractivity contribution in [2.45, 2.75) is 36.8 Å². The molecule has 0 aliphatic carbocycles. The van der Waals surface area contributed by atoms with Crippen LogP contribution < -0.4 is 5.32 Å². The molecule has 1 saturated heterocycles. The van der Waals surface area contributed by atoms with Gasteiger partial charge in [-0.15, -0.1) is 22.7 Å². The van der Waals surface area contributed by atoms with Gasteiger partial charge in [0.2, 0.25) is 0 Å². The lowest BCUT2D eigenvalue weighted by Gasteiger charge is -2.25. The number of esters is 1. The summed E-state index contributed by atoms with van der Waals surface area (Å²) in [6.07, 6.45) is 2.67. The van der Waals surface area contributed by atoms with E-state index in [9.17, 15) is 18.0 Å². The van der Waals surface area contributed by atoms with Gasteiger partial charge in [-0.3, -0.25) is 14.9 Å². The Morgan fingerprint density at radius 3 is 2.56 bits per heavy atom. The van der Waals surface area contributed by atoms with E-state index in [0.717, 1.165) is 47.4 Å². The van der Waals surface area contributed by atoms with Crippen LogP contribution in [0.1, 0.15) is 29.7 Å². The zero-order chi connectivity index (χ0) is 24.1. The van der Waals surface area contributed by atoms with Crippen molar-refractivity contribution in [3.63, 3.8) is 0 Å². The van der Waals surface area contributed by atoms with Crippen LogP contribution in [-0.4, -0.2) is 49.3 Å². The van der Waals surface area contributed by atoms with Crippen molar-refractivity contribution < 1.29 is 22.7 Å². The van der Waals surface area contributed by atoms with Gasteiger partial charge in [0.1, 0.15) is 4.21 Å². The molecule has 0 bridgehead atoms. The first-order valence-corrected chi connectivity index (χ1v) is 14.0. The van der Waals surface area contributed by atoms with Crippen LogP contribution in [0, 0.1) is 6.92 Å². The van der Waals surface area contributed by atoms with Crippen molar-refractivity contribution in [2.24, 2.45) is 0 Å². The lowest BCUT2D eigenvalue weighted by atomic mass is 10.1. The van der Waals surface area contributed by atoms with Crippen molar-refractivity contribution in [1.82, 2.24) is 9.29 Å². The number of hydrogen-bond acceptors (Lipinski definition) is 8. The summed E-state index contributed by atoms with van der Waals surface area (Å²) in [4.78, 5) is 29.3. The van der Waals surface area contributed by atoms with E-state index in [1.165, 1.54) is 21.7 Å². The molecule has 8 nitrogen and oxygen atoms in total. The molecule has 4 rings (SSSR count). The van der Waals surface area contributed by atoms with E-state index >= 15 is 0 Å². The number of aryl methyl sites for hydroxylation is 1. The Morgan fingerprint density at radius 1 is 1.09 bits per heavy atom. The number of piperidine rings is 1. The summed E-state index contributed by atoms with van der Waals surface area (Å²) < 4.78 is 32.3. The van der Waals surface area contributed by atoms with Gasteiger partial charge in [0.15, 0.2) is 11.7 Å². The van der Waals surface area contributed by atoms with Crippen molar-refractivity contribution in [3.8, 4) is 11.3 Å². The number of ether oxygens (including phenoxy) is 1. The Bertz CT molecular complexity index is 1260. The third-order valence-corrected chi connectivity index (χ3v) is 9.54. The summed E-state index contributed by atoms with van der Waals surface area (Å²) in [5.41, 5.74) is 2.86. The molecule has 2 aromatic heterocycles. The molecular formula is C23H25N3O5S3. The molecular weight excluding hydrogens is 494 g/mol. The summed E-state index contributed by atoms with van der Waals surface area (Å²) in [6.45, 7) is 2.62. The average molecular weight is 520 g/mol. The Kier molecular flexibility index (Phi) is 7.77. The van der Waals surface area contributed by atoms with Crippen molar-refractivity contribution in [2.75, 3.05) is 25.0 Å². The number of nitrogens with one attached hydrogen (secondary N) is 1. The topological polar surface area (TPSA) is 106 Å². The molecule has 0 radical (unpaired) electrons. The highest BCUT2D eigenvalue weighted by Crippen LogP contribution is 2.28. The Hall–Kier alpha value is -2.60. The number of rotatable bonds is 8. The first-order valence-electron chi connectivity index (χ1n) is 10.9. The molecule has 1 N–H and O–H groups in total. The lowest BCUT2D eigenvalue weighted by Crippen LogP contribution is -2.35. The maximum Gasteiger partial charge on any atom is 0.311 e. The van der Waals surface area contributed by atoms with Crippen LogP contribution in [0.15, 0.2) is 46.0 Å². The number of aromatic nitrogens is 1. The number of carbonyl (C=O) groups excluding carboxylic acids is 2. The van der Waals surface area contributed by atoms with E-state index in [0.29, 0.717) is 23.1 Å². The van der Waals surface area contributed by atoms with Crippen LogP contribution >= 0.6 is 22.7 Å². The van der Waals surface area contributed by atoms with Crippen LogP contribution in [0.3, 0.4) is 0 Å². The number of hydrogen-bond donors (Lipinski definition) is 1. The minimum absolute atomic E-state index is 0.0949. The molecule has 11 heteroatoms. The van der Waals surface area contributed by atoms with Gasteiger partial charge in [-0.05, 0) is 31.9 Å². The van der Waals surface area contributed by atoms with Crippen LogP contribution in [0.25, 0.3) is 11.3 Å².